The Bertz CT molecular complexity index is 864. The molecule has 3 rings (SSSR count). The molecule has 0 saturated carbocycles. The Labute approximate surface area is 127 Å². The van der Waals surface area contributed by atoms with Crippen molar-refractivity contribution in [3.63, 3.8) is 0 Å². The summed E-state index contributed by atoms with van der Waals surface area (Å²) in [6.45, 7) is -0.365. The molecule has 2 aromatic carbocycles. The molecule has 0 aliphatic carbocycles. The van der Waals surface area contributed by atoms with Crippen LogP contribution >= 0.6 is 0 Å². The van der Waals surface area contributed by atoms with E-state index in [2.05, 4.69) is 0 Å². The van der Waals surface area contributed by atoms with Gasteiger partial charge in [-0.3, -0.25) is 4.79 Å². The zero-order valence-corrected chi connectivity index (χ0v) is 12.2. The smallest absolute Gasteiger partial charge is 0.326 e. The fourth-order valence-electron chi connectivity index (χ4n) is 2.28. The van der Waals surface area contributed by atoms with Gasteiger partial charge < -0.3 is 10.8 Å². The zero-order valence-electron chi connectivity index (χ0n) is 11.4. The van der Waals surface area contributed by atoms with Gasteiger partial charge in [-0.15, -0.1) is 0 Å². The van der Waals surface area contributed by atoms with Crippen molar-refractivity contribution in [2.75, 3.05) is 16.6 Å². The van der Waals surface area contributed by atoms with Crippen molar-refractivity contribution in [1.82, 2.24) is 4.72 Å². The quantitative estimate of drug-likeness (QED) is 0.709. The fourth-order valence-corrected chi connectivity index (χ4v) is 3.44. The van der Waals surface area contributed by atoms with Crippen LogP contribution in [0.5, 0.6) is 5.75 Å². The molecule has 0 radical (unpaired) electrons. The van der Waals surface area contributed by atoms with Crippen molar-refractivity contribution in [2.45, 2.75) is 0 Å². The number of hydrogen-bond acceptors (Lipinski definition) is 5. The van der Waals surface area contributed by atoms with E-state index < -0.39 is 16.1 Å². The van der Waals surface area contributed by atoms with Gasteiger partial charge in [0.15, 0.2) is 0 Å². The lowest BCUT2D eigenvalue weighted by Crippen LogP contribution is -2.29. The standard InChI is InChI=1S/C14H13N3O4S/c15-11-3-1-2-9(6-11)10-4-5-13(18)12(7-10)17-8-14(19)16-22(17,20)21/h1-7,18H,8,15H2,(H,16,19). The van der Waals surface area contributed by atoms with Crippen molar-refractivity contribution in [2.24, 2.45) is 0 Å². The van der Waals surface area contributed by atoms with E-state index in [1.807, 2.05) is 10.8 Å². The summed E-state index contributed by atoms with van der Waals surface area (Å²) in [5.74, 6) is -0.874. The summed E-state index contributed by atoms with van der Waals surface area (Å²) in [7, 11) is -3.97. The summed E-state index contributed by atoms with van der Waals surface area (Å²) in [6.07, 6.45) is 0. The van der Waals surface area contributed by atoms with Gasteiger partial charge in [-0.05, 0) is 35.4 Å². The topological polar surface area (TPSA) is 113 Å². The predicted molar refractivity (Wildman–Crippen MR) is 82.4 cm³/mol. The molecular formula is C14H13N3O4S. The molecule has 0 unspecified atom stereocenters. The second kappa shape index (κ2) is 4.92. The number of nitrogen functional groups attached to an aromatic ring is 1. The number of aromatic hydroxyl groups is 1. The van der Waals surface area contributed by atoms with Crippen LogP contribution in [0.1, 0.15) is 0 Å². The molecule has 8 heteroatoms. The fraction of sp³-hybridized carbons (Fsp3) is 0.0714. The summed E-state index contributed by atoms with van der Waals surface area (Å²) in [6, 6.07) is 11.6. The van der Waals surface area contributed by atoms with Gasteiger partial charge in [0, 0.05) is 5.69 Å². The molecule has 1 aliphatic rings. The van der Waals surface area contributed by atoms with Gasteiger partial charge in [0.1, 0.15) is 12.3 Å². The van der Waals surface area contributed by atoms with Crippen LogP contribution in [0.3, 0.4) is 0 Å². The van der Waals surface area contributed by atoms with Crippen LogP contribution in [0.2, 0.25) is 0 Å². The summed E-state index contributed by atoms with van der Waals surface area (Å²) < 4.78 is 26.5. The maximum atomic E-state index is 11.9. The first-order valence-corrected chi connectivity index (χ1v) is 7.83. The minimum Gasteiger partial charge on any atom is -0.506 e. The molecule has 1 saturated heterocycles. The summed E-state index contributed by atoms with van der Waals surface area (Å²) >= 11 is 0. The van der Waals surface area contributed by atoms with Crippen molar-refractivity contribution >= 4 is 27.5 Å². The summed E-state index contributed by atoms with van der Waals surface area (Å²) in [4.78, 5) is 11.3. The lowest BCUT2D eigenvalue weighted by molar-refractivity contribution is -0.117. The number of benzene rings is 2. The van der Waals surface area contributed by atoms with Crippen molar-refractivity contribution in [1.29, 1.82) is 0 Å². The molecule has 0 bridgehead atoms. The molecule has 1 heterocycles. The van der Waals surface area contributed by atoms with Gasteiger partial charge in [0.2, 0.25) is 0 Å². The number of carbonyl (C=O) groups excluding carboxylic acids is 1. The van der Waals surface area contributed by atoms with Crippen LogP contribution in [0.15, 0.2) is 42.5 Å². The van der Waals surface area contributed by atoms with E-state index in [4.69, 9.17) is 5.73 Å². The van der Waals surface area contributed by atoms with Gasteiger partial charge >= 0.3 is 10.2 Å². The Balaban J connectivity index is 2.10. The number of carbonyl (C=O) groups is 1. The largest absolute Gasteiger partial charge is 0.506 e. The van der Waals surface area contributed by atoms with Crippen LogP contribution in [0.4, 0.5) is 11.4 Å². The number of hydrogen-bond donors (Lipinski definition) is 3. The van der Waals surface area contributed by atoms with Gasteiger partial charge in [0.05, 0.1) is 5.69 Å². The number of nitrogens with one attached hydrogen (secondary N) is 1. The van der Waals surface area contributed by atoms with E-state index in [-0.39, 0.29) is 18.0 Å². The molecule has 1 amide bonds. The van der Waals surface area contributed by atoms with Gasteiger partial charge in [0.25, 0.3) is 5.91 Å². The van der Waals surface area contributed by atoms with Crippen molar-refractivity contribution in [3.05, 3.63) is 42.5 Å². The first kappa shape index (κ1) is 14.2. The maximum absolute atomic E-state index is 11.9. The Morgan fingerprint density at radius 2 is 1.86 bits per heavy atom. The molecule has 1 fully saturated rings. The highest BCUT2D eigenvalue weighted by molar-refractivity contribution is 7.92. The monoisotopic (exact) mass is 319 g/mol. The second-order valence-electron chi connectivity index (χ2n) is 4.87. The Hall–Kier alpha value is -2.74. The highest BCUT2D eigenvalue weighted by Crippen LogP contribution is 2.35. The van der Waals surface area contributed by atoms with E-state index in [1.165, 1.54) is 12.1 Å². The second-order valence-corrected chi connectivity index (χ2v) is 6.46. The van der Waals surface area contributed by atoms with Crippen LogP contribution in [0, 0.1) is 0 Å². The Kier molecular flexibility index (Phi) is 3.18. The first-order chi connectivity index (χ1) is 10.4. The molecule has 2 aromatic rings. The molecule has 7 nitrogen and oxygen atoms in total. The maximum Gasteiger partial charge on any atom is 0.326 e. The van der Waals surface area contributed by atoms with Crippen LogP contribution < -0.4 is 14.8 Å². The number of phenolic OH excluding ortho intramolecular Hbond substituents is 1. The lowest BCUT2D eigenvalue weighted by atomic mass is 10.0. The van der Waals surface area contributed by atoms with Gasteiger partial charge in [-0.1, -0.05) is 18.2 Å². The molecular weight excluding hydrogens is 306 g/mol. The lowest BCUT2D eigenvalue weighted by Gasteiger charge is -2.17. The Morgan fingerprint density at radius 3 is 2.50 bits per heavy atom. The highest BCUT2D eigenvalue weighted by Gasteiger charge is 2.35. The van der Waals surface area contributed by atoms with E-state index >= 15 is 0 Å². The number of nitrogens with zero attached hydrogens (tertiary/aromatic N) is 1. The van der Waals surface area contributed by atoms with Crippen LogP contribution in [-0.4, -0.2) is 26.0 Å². The highest BCUT2D eigenvalue weighted by atomic mass is 32.2. The van der Waals surface area contributed by atoms with Gasteiger partial charge in [-0.2, -0.15) is 8.42 Å². The van der Waals surface area contributed by atoms with Crippen LogP contribution in [0.25, 0.3) is 11.1 Å². The minimum absolute atomic E-state index is 0.0401. The molecule has 4 N–H and O–H groups in total. The third-order valence-corrected chi connectivity index (χ3v) is 4.68. The molecule has 114 valence electrons. The third-order valence-electron chi connectivity index (χ3n) is 3.28. The first-order valence-electron chi connectivity index (χ1n) is 6.39. The molecule has 0 spiro atoms. The van der Waals surface area contributed by atoms with E-state index in [0.717, 1.165) is 9.87 Å². The summed E-state index contributed by atoms with van der Waals surface area (Å²) in [5.41, 5.74) is 7.80. The summed E-state index contributed by atoms with van der Waals surface area (Å²) in [5, 5.41) is 9.95. The molecule has 0 atom stereocenters. The SMILES string of the molecule is Nc1cccc(-c2ccc(O)c(N3CC(=O)NS3(=O)=O)c2)c1. The molecule has 0 aromatic heterocycles. The Morgan fingerprint density at radius 1 is 1.14 bits per heavy atom. The normalized spacial score (nSPS) is 16.5. The number of amides is 1. The van der Waals surface area contributed by atoms with Crippen molar-refractivity contribution in [3.8, 4) is 16.9 Å². The number of nitrogens with two attached hydrogens (primary N) is 1. The third kappa shape index (κ3) is 2.44. The molecule has 1 aliphatic heterocycles. The van der Waals surface area contributed by atoms with Gasteiger partial charge in [-0.25, -0.2) is 9.03 Å². The average Bonchev–Trinajstić information content (AvgIpc) is 2.72. The zero-order chi connectivity index (χ0) is 15.9. The minimum atomic E-state index is -3.97. The molecule has 22 heavy (non-hydrogen) atoms. The van der Waals surface area contributed by atoms with E-state index in [1.54, 1.807) is 24.3 Å². The number of rotatable bonds is 2. The average molecular weight is 319 g/mol. The van der Waals surface area contributed by atoms with Crippen LogP contribution in [-0.2, 0) is 15.0 Å². The predicted octanol–water partition coefficient (Wildman–Crippen LogP) is 0.822. The van der Waals surface area contributed by atoms with Crippen molar-refractivity contribution < 1.29 is 18.3 Å². The number of anilines is 2. The van der Waals surface area contributed by atoms with E-state index in [9.17, 15) is 18.3 Å². The van der Waals surface area contributed by atoms with E-state index in [0.29, 0.717) is 11.3 Å². The number of phenols is 1.